The molecule has 9 heteroatoms. The molecule has 1 aromatic heterocycles. The van der Waals surface area contributed by atoms with Crippen LogP contribution in [0.5, 0.6) is 17.2 Å². The van der Waals surface area contributed by atoms with Crippen molar-refractivity contribution in [1.29, 1.82) is 0 Å². The van der Waals surface area contributed by atoms with Crippen LogP contribution in [0.15, 0.2) is 78.9 Å². The van der Waals surface area contributed by atoms with Crippen LogP contribution >= 0.6 is 11.3 Å². The number of aryl methyl sites for hydroxylation is 1. The average molecular weight is 575 g/mol. The summed E-state index contributed by atoms with van der Waals surface area (Å²) in [6.45, 7) is 6.08. The van der Waals surface area contributed by atoms with Gasteiger partial charge < -0.3 is 18.9 Å². The van der Waals surface area contributed by atoms with E-state index < -0.39 is 18.1 Å². The molecule has 0 saturated heterocycles. The van der Waals surface area contributed by atoms with Crippen molar-refractivity contribution < 1.29 is 28.5 Å². The summed E-state index contributed by atoms with van der Waals surface area (Å²) in [4.78, 5) is 32.8. The lowest BCUT2D eigenvalue weighted by Gasteiger charge is -2.28. The molecule has 1 heterocycles. The zero-order chi connectivity index (χ0) is 29.2. The summed E-state index contributed by atoms with van der Waals surface area (Å²) in [5.74, 6) is 1.17. The van der Waals surface area contributed by atoms with Crippen LogP contribution in [0.1, 0.15) is 36.0 Å². The Kier molecular flexibility index (Phi) is 10.3. The zero-order valence-corrected chi connectivity index (χ0v) is 24.5. The predicted molar refractivity (Wildman–Crippen MR) is 159 cm³/mol. The lowest BCUT2D eigenvalue weighted by atomic mass is 10.1. The van der Waals surface area contributed by atoms with Gasteiger partial charge in [0.25, 0.3) is 0 Å². The normalized spacial score (nSPS) is 11.4. The van der Waals surface area contributed by atoms with Gasteiger partial charge in [0.2, 0.25) is 0 Å². The Hall–Kier alpha value is -4.37. The van der Waals surface area contributed by atoms with Crippen LogP contribution in [0.4, 0.5) is 4.79 Å². The van der Waals surface area contributed by atoms with Crippen molar-refractivity contribution in [1.82, 2.24) is 9.88 Å². The van der Waals surface area contributed by atoms with Crippen molar-refractivity contribution >= 4 is 23.4 Å². The van der Waals surface area contributed by atoms with Crippen molar-refractivity contribution in [3.63, 3.8) is 0 Å². The van der Waals surface area contributed by atoms with E-state index >= 15 is 0 Å². The number of carbonyl (C=O) groups is 2. The molecule has 0 saturated carbocycles. The minimum Gasteiger partial charge on any atom is -0.497 e. The van der Waals surface area contributed by atoms with Gasteiger partial charge in [0.15, 0.2) is 0 Å². The molecule has 0 aliphatic carbocycles. The number of methoxy groups -OCH3 is 1. The second kappa shape index (κ2) is 14.3. The summed E-state index contributed by atoms with van der Waals surface area (Å²) in [5, 5.41) is 1.01. The molecule has 8 nitrogen and oxygen atoms in total. The largest absolute Gasteiger partial charge is 0.497 e. The van der Waals surface area contributed by atoms with Crippen molar-refractivity contribution in [2.24, 2.45) is 0 Å². The Morgan fingerprint density at radius 3 is 2.24 bits per heavy atom. The monoisotopic (exact) mass is 574 g/mol. The molecule has 41 heavy (non-hydrogen) atoms. The number of carbonyl (C=O) groups excluding carboxylic acids is 2. The molecule has 0 N–H and O–H groups in total. The number of hydrogen-bond donors (Lipinski definition) is 0. The number of benzene rings is 3. The van der Waals surface area contributed by atoms with Crippen LogP contribution in [0.25, 0.3) is 10.6 Å². The van der Waals surface area contributed by atoms with E-state index in [1.54, 1.807) is 49.6 Å². The summed E-state index contributed by atoms with van der Waals surface area (Å²) in [7, 11) is 1.56. The molecule has 0 unspecified atom stereocenters. The fourth-order valence-electron chi connectivity index (χ4n) is 4.16. The van der Waals surface area contributed by atoms with Crippen LogP contribution in [0.3, 0.4) is 0 Å². The molecule has 4 rings (SSSR count). The molecule has 1 atom stereocenters. The number of nitrogens with zero attached hydrogens (tertiary/aromatic N) is 2. The van der Waals surface area contributed by atoms with E-state index in [4.69, 9.17) is 23.9 Å². The molecule has 0 aliphatic heterocycles. The van der Waals surface area contributed by atoms with Crippen LogP contribution in [0.2, 0.25) is 0 Å². The van der Waals surface area contributed by atoms with Gasteiger partial charge in [0, 0.05) is 16.9 Å². The molecule has 0 bridgehead atoms. The van der Waals surface area contributed by atoms with E-state index in [2.05, 4.69) is 19.1 Å². The van der Waals surface area contributed by atoms with Crippen LogP contribution < -0.4 is 14.2 Å². The first-order valence-corrected chi connectivity index (χ1v) is 14.2. The first-order chi connectivity index (χ1) is 19.9. The highest BCUT2D eigenvalue weighted by molar-refractivity contribution is 7.15. The van der Waals surface area contributed by atoms with Gasteiger partial charge in [-0.2, -0.15) is 0 Å². The molecule has 0 aliphatic rings. The second-order valence-corrected chi connectivity index (χ2v) is 10.4. The van der Waals surface area contributed by atoms with Gasteiger partial charge in [0.1, 0.15) is 28.8 Å². The highest BCUT2D eigenvalue weighted by atomic mass is 32.1. The van der Waals surface area contributed by atoms with Crippen LogP contribution in [0, 0.1) is 6.92 Å². The highest BCUT2D eigenvalue weighted by Crippen LogP contribution is 2.28. The van der Waals surface area contributed by atoms with Gasteiger partial charge >= 0.3 is 12.1 Å². The number of hydrogen-bond acceptors (Lipinski definition) is 8. The van der Waals surface area contributed by atoms with Gasteiger partial charge in [-0.15, -0.1) is 11.3 Å². The summed E-state index contributed by atoms with van der Waals surface area (Å²) < 4.78 is 21.8. The summed E-state index contributed by atoms with van der Waals surface area (Å²) >= 11 is 1.69. The summed E-state index contributed by atoms with van der Waals surface area (Å²) in [6.07, 6.45) is 0.0298. The van der Waals surface area contributed by atoms with Gasteiger partial charge in [-0.1, -0.05) is 42.5 Å². The van der Waals surface area contributed by atoms with Crippen LogP contribution in [-0.2, 0) is 16.0 Å². The molecule has 0 fully saturated rings. The third kappa shape index (κ3) is 8.08. The van der Waals surface area contributed by atoms with E-state index in [1.165, 1.54) is 9.78 Å². The highest BCUT2D eigenvalue weighted by Gasteiger charge is 2.27. The Morgan fingerprint density at radius 1 is 0.927 bits per heavy atom. The zero-order valence-electron chi connectivity index (χ0n) is 23.7. The maximum absolute atomic E-state index is 13.1. The molecule has 1 amide bonds. The molecule has 0 spiro atoms. The van der Waals surface area contributed by atoms with Crippen molar-refractivity contribution in [2.45, 2.75) is 33.2 Å². The lowest BCUT2D eigenvalue weighted by molar-refractivity contribution is -0.144. The smallest absolute Gasteiger partial charge is 0.416 e. The topological polar surface area (TPSA) is 87.2 Å². The van der Waals surface area contributed by atoms with Crippen molar-refractivity contribution in [3.8, 4) is 27.8 Å². The number of esters is 1. The molecular formula is C32H34N2O6S. The third-order valence-corrected chi connectivity index (χ3v) is 7.52. The van der Waals surface area contributed by atoms with Crippen molar-refractivity contribution in [3.05, 3.63) is 95.0 Å². The Morgan fingerprint density at radius 2 is 1.59 bits per heavy atom. The fraction of sp³-hybridized carbons (Fsp3) is 0.281. The number of rotatable bonds is 12. The average Bonchev–Trinajstić information content (AvgIpc) is 3.37. The predicted octanol–water partition coefficient (Wildman–Crippen LogP) is 6.87. The maximum atomic E-state index is 13.1. The summed E-state index contributed by atoms with van der Waals surface area (Å²) in [6, 6.07) is 23.8. The Bertz CT molecular complexity index is 1420. The first-order valence-electron chi connectivity index (χ1n) is 13.4. The standard InChI is InChI=1S/C32H34N2O6S/c1-5-38-30(35)21-34(32(36)40-28-17-15-26(37-4)16-18-28)22(2)24-11-13-27(14-12-24)39-20-19-29-23(3)41-31(33-29)25-9-7-6-8-10-25/h6-18,22H,5,19-21H2,1-4H3/t22-/m1/s1. The summed E-state index contributed by atoms with van der Waals surface area (Å²) in [5.41, 5.74) is 2.96. The fourth-order valence-corrected chi connectivity index (χ4v) is 5.13. The lowest BCUT2D eigenvalue weighted by Crippen LogP contribution is -2.40. The second-order valence-electron chi connectivity index (χ2n) is 9.21. The SMILES string of the molecule is CCOC(=O)CN(C(=O)Oc1ccc(OC)cc1)[C@H](C)c1ccc(OCCc2nc(-c3ccccc3)sc2C)cc1. The molecular weight excluding hydrogens is 540 g/mol. The number of amides is 1. The first kappa shape index (κ1) is 29.6. The van der Waals surface area contributed by atoms with Gasteiger partial charge in [-0.05, 0) is 62.7 Å². The van der Waals surface area contributed by atoms with E-state index in [9.17, 15) is 9.59 Å². The minimum atomic E-state index is -0.662. The van der Waals surface area contributed by atoms with Crippen LogP contribution in [-0.4, -0.2) is 48.8 Å². The van der Waals surface area contributed by atoms with Crippen molar-refractivity contribution in [2.75, 3.05) is 26.9 Å². The van der Waals surface area contributed by atoms with E-state index in [0.717, 1.165) is 21.8 Å². The van der Waals surface area contributed by atoms with Gasteiger partial charge in [0.05, 0.1) is 32.1 Å². The molecule has 4 aromatic rings. The molecule has 214 valence electrons. The Labute approximate surface area is 244 Å². The van der Waals surface area contributed by atoms with E-state index in [1.807, 2.05) is 49.4 Å². The minimum absolute atomic E-state index is 0.217. The Balaban J connectivity index is 1.38. The molecule has 0 radical (unpaired) electrons. The quantitative estimate of drug-likeness (QED) is 0.171. The van der Waals surface area contributed by atoms with Gasteiger partial charge in [-0.25, -0.2) is 9.78 Å². The maximum Gasteiger partial charge on any atom is 0.416 e. The third-order valence-electron chi connectivity index (χ3n) is 6.45. The van der Waals surface area contributed by atoms with E-state index in [-0.39, 0.29) is 13.2 Å². The number of aromatic nitrogens is 1. The van der Waals surface area contributed by atoms with E-state index in [0.29, 0.717) is 30.3 Å². The molecule has 3 aromatic carbocycles. The number of ether oxygens (including phenoxy) is 4. The van der Waals surface area contributed by atoms with Gasteiger partial charge in [-0.3, -0.25) is 9.69 Å². The number of thiazole rings is 1.